The number of aromatic nitrogens is 3. The number of rotatable bonds is 3. The summed E-state index contributed by atoms with van der Waals surface area (Å²) >= 11 is 1.71. The van der Waals surface area contributed by atoms with Gasteiger partial charge < -0.3 is 14.7 Å². The first-order valence-electron chi connectivity index (χ1n) is 8.38. The molecular formula is C16H22N6S. The molecule has 4 rings (SSSR count). The summed E-state index contributed by atoms with van der Waals surface area (Å²) in [5, 5.41) is 12.1. The molecule has 2 aromatic heterocycles. The SMILES string of the molecule is c1csc(N2CCN(c3ccc(N4CCCCC4)nn3)CC2)n1. The Bertz CT molecular complexity index is 600. The topological polar surface area (TPSA) is 48.4 Å². The minimum absolute atomic E-state index is 0.970. The van der Waals surface area contributed by atoms with Crippen molar-refractivity contribution in [3.63, 3.8) is 0 Å². The number of anilines is 3. The standard InChI is InChI=1S/C16H22N6S/c1-2-7-20(8-3-1)14-4-5-15(19-18-14)21-9-11-22(12-10-21)16-17-6-13-23-16/h4-6,13H,1-3,7-12H2. The molecule has 2 saturated heterocycles. The lowest BCUT2D eigenvalue weighted by Crippen LogP contribution is -2.46. The molecule has 0 saturated carbocycles. The van der Waals surface area contributed by atoms with Crippen molar-refractivity contribution in [1.29, 1.82) is 0 Å². The van der Waals surface area contributed by atoms with Crippen molar-refractivity contribution in [2.45, 2.75) is 19.3 Å². The highest BCUT2D eigenvalue weighted by Crippen LogP contribution is 2.22. The highest BCUT2D eigenvalue weighted by atomic mass is 32.1. The van der Waals surface area contributed by atoms with Crippen molar-refractivity contribution in [3.8, 4) is 0 Å². The fourth-order valence-electron chi connectivity index (χ4n) is 3.28. The van der Waals surface area contributed by atoms with Gasteiger partial charge in [0.05, 0.1) is 0 Å². The van der Waals surface area contributed by atoms with Crippen LogP contribution in [0.4, 0.5) is 16.8 Å². The first-order valence-corrected chi connectivity index (χ1v) is 9.26. The van der Waals surface area contributed by atoms with Crippen LogP contribution in [0.5, 0.6) is 0 Å². The van der Waals surface area contributed by atoms with Crippen LogP contribution in [0.15, 0.2) is 23.7 Å². The minimum Gasteiger partial charge on any atom is -0.355 e. The smallest absolute Gasteiger partial charge is 0.185 e. The summed E-state index contributed by atoms with van der Waals surface area (Å²) in [6, 6.07) is 4.25. The molecule has 2 aromatic rings. The number of nitrogens with zero attached hydrogens (tertiary/aromatic N) is 6. The Balaban J connectivity index is 1.37. The molecule has 122 valence electrons. The molecule has 4 heterocycles. The second-order valence-corrected chi connectivity index (χ2v) is 6.96. The molecule has 0 spiro atoms. The number of thiazole rings is 1. The van der Waals surface area contributed by atoms with Gasteiger partial charge in [0, 0.05) is 50.8 Å². The lowest BCUT2D eigenvalue weighted by Gasteiger charge is -2.35. The number of piperazine rings is 1. The highest BCUT2D eigenvalue weighted by molar-refractivity contribution is 7.13. The Hall–Kier alpha value is -1.89. The predicted octanol–water partition coefficient (Wildman–Crippen LogP) is 2.25. The predicted molar refractivity (Wildman–Crippen MR) is 94.6 cm³/mol. The molecule has 2 aliphatic heterocycles. The number of hydrogen-bond donors (Lipinski definition) is 0. The fraction of sp³-hybridized carbons (Fsp3) is 0.562. The summed E-state index contributed by atoms with van der Waals surface area (Å²) in [4.78, 5) is 11.4. The van der Waals surface area contributed by atoms with Crippen molar-refractivity contribution in [3.05, 3.63) is 23.7 Å². The third kappa shape index (κ3) is 3.24. The van der Waals surface area contributed by atoms with Crippen molar-refractivity contribution >= 4 is 28.1 Å². The molecule has 0 unspecified atom stereocenters. The second kappa shape index (κ2) is 6.70. The Kier molecular flexibility index (Phi) is 4.28. The quantitative estimate of drug-likeness (QED) is 0.860. The number of piperidine rings is 1. The van der Waals surface area contributed by atoms with Crippen LogP contribution in [-0.4, -0.2) is 54.4 Å². The maximum atomic E-state index is 4.47. The zero-order valence-corrected chi connectivity index (χ0v) is 14.1. The van der Waals surface area contributed by atoms with Crippen LogP contribution in [0.3, 0.4) is 0 Å². The van der Waals surface area contributed by atoms with Gasteiger partial charge in [0.25, 0.3) is 0 Å². The third-order valence-electron chi connectivity index (χ3n) is 4.61. The molecule has 0 aliphatic carbocycles. The molecule has 0 aromatic carbocycles. The average molecular weight is 330 g/mol. The van der Waals surface area contributed by atoms with Crippen LogP contribution >= 0.6 is 11.3 Å². The van der Waals surface area contributed by atoms with E-state index in [-0.39, 0.29) is 0 Å². The fourth-order valence-corrected chi connectivity index (χ4v) is 3.97. The largest absolute Gasteiger partial charge is 0.355 e. The Morgan fingerprint density at radius 3 is 1.91 bits per heavy atom. The Morgan fingerprint density at radius 2 is 1.35 bits per heavy atom. The summed E-state index contributed by atoms with van der Waals surface area (Å²) in [6.07, 6.45) is 5.74. The molecule has 0 radical (unpaired) electrons. The number of hydrogen-bond acceptors (Lipinski definition) is 7. The molecule has 0 atom stereocenters. The van der Waals surface area contributed by atoms with E-state index < -0.39 is 0 Å². The normalized spacial score (nSPS) is 19.2. The van der Waals surface area contributed by atoms with E-state index in [0.29, 0.717) is 0 Å². The van der Waals surface area contributed by atoms with Gasteiger partial charge >= 0.3 is 0 Å². The summed E-state index contributed by atoms with van der Waals surface area (Å²) < 4.78 is 0. The summed E-state index contributed by atoms with van der Waals surface area (Å²) in [5.41, 5.74) is 0. The van der Waals surface area contributed by atoms with Gasteiger partial charge in [0.15, 0.2) is 16.8 Å². The van der Waals surface area contributed by atoms with E-state index in [4.69, 9.17) is 0 Å². The van der Waals surface area contributed by atoms with Crippen LogP contribution in [0.2, 0.25) is 0 Å². The van der Waals surface area contributed by atoms with Gasteiger partial charge in [-0.2, -0.15) is 0 Å². The van der Waals surface area contributed by atoms with Crippen LogP contribution in [-0.2, 0) is 0 Å². The molecular weight excluding hydrogens is 308 g/mol. The molecule has 23 heavy (non-hydrogen) atoms. The third-order valence-corrected chi connectivity index (χ3v) is 5.44. The minimum atomic E-state index is 0.970. The van der Waals surface area contributed by atoms with E-state index in [0.717, 1.165) is 56.0 Å². The van der Waals surface area contributed by atoms with Gasteiger partial charge in [0.2, 0.25) is 0 Å². The van der Waals surface area contributed by atoms with E-state index in [1.54, 1.807) is 11.3 Å². The first-order chi connectivity index (χ1) is 11.4. The van der Waals surface area contributed by atoms with Crippen molar-refractivity contribution in [2.24, 2.45) is 0 Å². The Labute approximate surface area is 140 Å². The summed E-state index contributed by atoms with van der Waals surface area (Å²) in [6.45, 7) is 6.14. The van der Waals surface area contributed by atoms with E-state index in [1.807, 2.05) is 11.6 Å². The Morgan fingerprint density at radius 1 is 0.739 bits per heavy atom. The zero-order chi connectivity index (χ0) is 15.5. The molecule has 6 nitrogen and oxygen atoms in total. The molecule has 2 fully saturated rings. The lowest BCUT2D eigenvalue weighted by molar-refractivity contribution is 0.570. The van der Waals surface area contributed by atoms with Crippen LogP contribution in [0.1, 0.15) is 19.3 Å². The molecule has 0 amide bonds. The van der Waals surface area contributed by atoms with Gasteiger partial charge in [0.1, 0.15) is 0 Å². The van der Waals surface area contributed by atoms with E-state index >= 15 is 0 Å². The van der Waals surface area contributed by atoms with Gasteiger partial charge in [-0.15, -0.1) is 21.5 Å². The highest BCUT2D eigenvalue weighted by Gasteiger charge is 2.20. The van der Waals surface area contributed by atoms with E-state index in [9.17, 15) is 0 Å². The van der Waals surface area contributed by atoms with Crippen molar-refractivity contribution in [1.82, 2.24) is 15.2 Å². The maximum absolute atomic E-state index is 4.47. The van der Waals surface area contributed by atoms with Crippen LogP contribution in [0.25, 0.3) is 0 Å². The summed E-state index contributed by atoms with van der Waals surface area (Å²) in [7, 11) is 0. The van der Waals surface area contributed by atoms with Crippen LogP contribution in [0, 0.1) is 0 Å². The van der Waals surface area contributed by atoms with Crippen molar-refractivity contribution < 1.29 is 0 Å². The molecule has 2 aliphatic rings. The van der Waals surface area contributed by atoms with Crippen LogP contribution < -0.4 is 14.7 Å². The first kappa shape index (κ1) is 14.7. The second-order valence-electron chi connectivity index (χ2n) is 6.09. The average Bonchev–Trinajstić information content (AvgIpc) is 3.18. The lowest BCUT2D eigenvalue weighted by atomic mass is 10.1. The molecule has 7 heteroatoms. The molecule has 0 bridgehead atoms. The summed E-state index contributed by atoms with van der Waals surface area (Å²) in [5.74, 6) is 2.01. The van der Waals surface area contributed by atoms with E-state index in [2.05, 4.69) is 42.0 Å². The zero-order valence-electron chi connectivity index (χ0n) is 13.3. The van der Waals surface area contributed by atoms with Gasteiger partial charge in [-0.25, -0.2) is 4.98 Å². The monoisotopic (exact) mass is 330 g/mol. The maximum Gasteiger partial charge on any atom is 0.185 e. The van der Waals surface area contributed by atoms with Gasteiger partial charge in [-0.05, 0) is 31.4 Å². The van der Waals surface area contributed by atoms with E-state index in [1.165, 1.54) is 19.3 Å². The van der Waals surface area contributed by atoms with Crippen molar-refractivity contribution in [2.75, 3.05) is 54.0 Å². The van der Waals surface area contributed by atoms with Gasteiger partial charge in [-0.1, -0.05) is 0 Å². The van der Waals surface area contributed by atoms with Gasteiger partial charge in [-0.3, -0.25) is 0 Å². The molecule has 0 N–H and O–H groups in total.